The minimum atomic E-state index is 0.786. The number of allylic oxidation sites excluding steroid dienone is 4. The fourth-order valence-electron chi connectivity index (χ4n) is 2.61. The van der Waals surface area contributed by atoms with Crippen molar-refractivity contribution in [2.45, 2.75) is 33.6 Å². The largest absolute Gasteiger partial charge is 0.0741 e. The number of rotatable bonds is 0. The molecule has 3 atom stereocenters. The first-order chi connectivity index (χ1) is 5.68. The van der Waals surface area contributed by atoms with Gasteiger partial charge in [-0.15, -0.1) is 0 Å². The molecule has 0 heterocycles. The SMILES string of the molecule is CC1=CC2C(=C1)C(C)CCC2C. The van der Waals surface area contributed by atoms with Crippen molar-refractivity contribution in [2.24, 2.45) is 17.8 Å². The average Bonchev–Trinajstić information content (AvgIpc) is 2.41. The molecule has 0 aromatic heterocycles. The Kier molecular flexibility index (Phi) is 1.86. The molecule has 0 nitrogen and oxygen atoms in total. The van der Waals surface area contributed by atoms with Crippen LogP contribution in [0.3, 0.4) is 0 Å². The van der Waals surface area contributed by atoms with Crippen molar-refractivity contribution in [2.75, 3.05) is 0 Å². The highest BCUT2D eigenvalue weighted by molar-refractivity contribution is 5.37. The molecule has 0 heteroatoms. The molecule has 0 amide bonds. The van der Waals surface area contributed by atoms with Crippen LogP contribution in [0.5, 0.6) is 0 Å². The highest BCUT2D eigenvalue weighted by atomic mass is 14.4. The quantitative estimate of drug-likeness (QED) is 0.511. The molecule has 2 rings (SSSR count). The molecule has 0 spiro atoms. The Balaban J connectivity index is 2.27. The summed E-state index contributed by atoms with van der Waals surface area (Å²) in [5, 5.41) is 0. The van der Waals surface area contributed by atoms with Crippen LogP contribution in [0.15, 0.2) is 23.3 Å². The summed E-state index contributed by atoms with van der Waals surface area (Å²) in [6, 6.07) is 0. The Bertz CT molecular complexity index is 245. The van der Waals surface area contributed by atoms with Gasteiger partial charge in [0.15, 0.2) is 0 Å². The Morgan fingerprint density at radius 3 is 2.67 bits per heavy atom. The molecule has 66 valence electrons. The summed E-state index contributed by atoms with van der Waals surface area (Å²) in [5.41, 5.74) is 3.18. The van der Waals surface area contributed by atoms with E-state index in [1.807, 2.05) is 0 Å². The van der Waals surface area contributed by atoms with Crippen LogP contribution < -0.4 is 0 Å². The molecule has 0 radical (unpaired) electrons. The number of fused-ring (bicyclic) bond motifs is 1. The molecule has 0 bridgehead atoms. The van der Waals surface area contributed by atoms with E-state index < -0.39 is 0 Å². The first kappa shape index (κ1) is 8.10. The van der Waals surface area contributed by atoms with E-state index in [-0.39, 0.29) is 0 Å². The standard InChI is InChI=1S/C12H18/c1-8-6-11-9(2)4-5-10(3)12(11)7-8/h6-7,9-11H,4-5H2,1-3H3. The van der Waals surface area contributed by atoms with Crippen LogP contribution in [0.25, 0.3) is 0 Å². The van der Waals surface area contributed by atoms with Crippen LogP contribution >= 0.6 is 0 Å². The van der Waals surface area contributed by atoms with Gasteiger partial charge in [0, 0.05) is 5.92 Å². The van der Waals surface area contributed by atoms with Crippen LogP contribution in [0.4, 0.5) is 0 Å². The molecule has 2 aliphatic carbocycles. The third kappa shape index (κ3) is 1.14. The number of hydrogen-bond donors (Lipinski definition) is 0. The maximum absolute atomic E-state index is 2.45. The van der Waals surface area contributed by atoms with Gasteiger partial charge in [0.05, 0.1) is 0 Å². The van der Waals surface area contributed by atoms with E-state index in [0.717, 1.165) is 17.8 Å². The van der Waals surface area contributed by atoms with E-state index in [0.29, 0.717) is 0 Å². The lowest BCUT2D eigenvalue weighted by atomic mass is 9.73. The molecular weight excluding hydrogens is 144 g/mol. The molecule has 0 aliphatic heterocycles. The van der Waals surface area contributed by atoms with Gasteiger partial charge >= 0.3 is 0 Å². The van der Waals surface area contributed by atoms with E-state index in [4.69, 9.17) is 0 Å². The smallest absolute Gasteiger partial charge is 0.00140 e. The van der Waals surface area contributed by atoms with E-state index in [2.05, 4.69) is 32.9 Å². The summed E-state index contributed by atoms with van der Waals surface area (Å²) >= 11 is 0. The lowest BCUT2D eigenvalue weighted by Gasteiger charge is -2.31. The van der Waals surface area contributed by atoms with Crippen molar-refractivity contribution >= 4 is 0 Å². The molecule has 2 aliphatic rings. The molecule has 1 fully saturated rings. The van der Waals surface area contributed by atoms with Gasteiger partial charge in [-0.1, -0.05) is 37.1 Å². The van der Waals surface area contributed by atoms with Crippen molar-refractivity contribution in [3.8, 4) is 0 Å². The normalized spacial score (nSPS) is 40.4. The summed E-state index contributed by atoms with van der Waals surface area (Å²) in [7, 11) is 0. The Morgan fingerprint density at radius 2 is 2.00 bits per heavy atom. The second-order valence-corrected chi connectivity index (χ2v) is 4.54. The lowest BCUT2D eigenvalue weighted by Crippen LogP contribution is -2.21. The van der Waals surface area contributed by atoms with Gasteiger partial charge in [-0.3, -0.25) is 0 Å². The molecule has 0 aromatic rings. The summed E-state index contributed by atoms with van der Waals surface area (Å²) in [4.78, 5) is 0. The minimum absolute atomic E-state index is 0.786. The summed E-state index contributed by atoms with van der Waals surface area (Å²) < 4.78 is 0. The lowest BCUT2D eigenvalue weighted by molar-refractivity contribution is 0.330. The van der Waals surface area contributed by atoms with Gasteiger partial charge in [0.1, 0.15) is 0 Å². The fraction of sp³-hybridized carbons (Fsp3) is 0.667. The molecule has 12 heavy (non-hydrogen) atoms. The fourth-order valence-corrected chi connectivity index (χ4v) is 2.61. The molecule has 3 unspecified atom stereocenters. The molecular formula is C12H18. The van der Waals surface area contributed by atoms with Crippen molar-refractivity contribution in [1.82, 2.24) is 0 Å². The van der Waals surface area contributed by atoms with Gasteiger partial charge in [-0.25, -0.2) is 0 Å². The van der Waals surface area contributed by atoms with E-state index in [1.165, 1.54) is 18.4 Å². The third-order valence-corrected chi connectivity index (χ3v) is 3.46. The average molecular weight is 162 g/mol. The van der Waals surface area contributed by atoms with Crippen molar-refractivity contribution in [3.05, 3.63) is 23.3 Å². The van der Waals surface area contributed by atoms with Crippen LogP contribution in [0.1, 0.15) is 33.6 Å². The second-order valence-electron chi connectivity index (χ2n) is 4.54. The second kappa shape index (κ2) is 2.76. The van der Waals surface area contributed by atoms with Crippen LogP contribution in [-0.2, 0) is 0 Å². The van der Waals surface area contributed by atoms with Crippen molar-refractivity contribution in [3.63, 3.8) is 0 Å². The number of hydrogen-bond acceptors (Lipinski definition) is 0. The molecule has 0 N–H and O–H groups in total. The maximum Gasteiger partial charge on any atom is 0.00140 e. The zero-order chi connectivity index (χ0) is 8.72. The highest BCUT2D eigenvalue weighted by Gasteiger charge is 2.30. The van der Waals surface area contributed by atoms with Crippen LogP contribution in [0.2, 0.25) is 0 Å². The van der Waals surface area contributed by atoms with Gasteiger partial charge in [0.2, 0.25) is 0 Å². The first-order valence-corrected chi connectivity index (χ1v) is 5.08. The zero-order valence-corrected chi connectivity index (χ0v) is 8.30. The highest BCUT2D eigenvalue weighted by Crippen LogP contribution is 2.42. The summed E-state index contributed by atoms with van der Waals surface area (Å²) in [6.45, 7) is 6.99. The topological polar surface area (TPSA) is 0 Å². The summed E-state index contributed by atoms with van der Waals surface area (Å²) in [5.74, 6) is 2.50. The Labute approximate surface area is 75.4 Å². The maximum atomic E-state index is 2.45. The zero-order valence-electron chi connectivity index (χ0n) is 8.30. The van der Waals surface area contributed by atoms with Crippen molar-refractivity contribution < 1.29 is 0 Å². The first-order valence-electron chi connectivity index (χ1n) is 5.08. The van der Waals surface area contributed by atoms with E-state index >= 15 is 0 Å². The molecule has 0 aromatic carbocycles. The predicted molar refractivity (Wildman–Crippen MR) is 52.9 cm³/mol. The third-order valence-electron chi connectivity index (χ3n) is 3.46. The van der Waals surface area contributed by atoms with E-state index in [9.17, 15) is 0 Å². The van der Waals surface area contributed by atoms with Gasteiger partial charge < -0.3 is 0 Å². The van der Waals surface area contributed by atoms with Gasteiger partial charge in [-0.05, 0) is 31.6 Å². The Hall–Kier alpha value is -0.520. The predicted octanol–water partition coefficient (Wildman–Crippen LogP) is 3.55. The van der Waals surface area contributed by atoms with Gasteiger partial charge in [-0.2, -0.15) is 0 Å². The van der Waals surface area contributed by atoms with Crippen molar-refractivity contribution in [1.29, 1.82) is 0 Å². The molecule has 1 saturated carbocycles. The summed E-state index contributed by atoms with van der Waals surface area (Å²) in [6.07, 6.45) is 7.66. The van der Waals surface area contributed by atoms with Gasteiger partial charge in [0.25, 0.3) is 0 Å². The minimum Gasteiger partial charge on any atom is -0.0741 e. The van der Waals surface area contributed by atoms with E-state index in [1.54, 1.807) is 5.57 Å². The molecule has 0 saturated heterocycles. The Morgan fingerprint density at radius 1 is 1.25 bits per heavy atom. The monoisotopic (exact) mass is 162 g/mol. The van der Waals surface area contributed by atoms with Crippen LogP contribution in [-0.4, -0.2) is 0 Å². The van der Waals surface area contributed by atoms with Crippen LogP contribution in [0, 0.1) is 17.8 Å².